The van der Waals surface area contributed by atoms with Gasteiger partial charge in [0.25, 0.3) is 5.91 Å². The molecule has 0 unspecified atom stereocenters. The van der Waals surface area contributed by atoms with E-state index < -0.39 is 35.0 Å². The van der Waals surface area contributed by atoms with Crippen LogP contribution in [0.15, 0.2) is 18.2 Å². The molecule has 0 spiro atoms. The van der Waals surface area contributed by atoms with Crippen molar-refractivity contribution >= 4 is 5.91 Å². The van der Waals surface area contributed by atoms with Crippen molar-refractivity contribution in [2.24, 2.45) is 0 Å². The fourth-order valence-corrected chi connectivity index (χ4v) is 1.52. The zero-order valence-electron chi connectivity index (χ0n) is 9.62. The minimum Gasteiger partial charge on any atom is -0.352 e. The molecule has 1 rings (SSSR count). The molecule has 8 heteroatoms. The van der Waals surface area contributed by atoms with Gasteiger partial charge in [0.05, 0.1) is 16.7 Å². The molecule has 0 radical (unpaired) electrons. The van der Waals surface area contributed by atoms with Crippen LogP contribution in [0.4, 0.5) is 26.3 Å². The van der Waals surface area contributed by atoms with Crippen molar-refractivity contribution < 1.29 is 31.1 Å². The number of carbonyl (C=O) groups excluding carboxylic acids is 1. The van der Waals surface area contributed by atoms with Crippen molar-refractivity contribution in [2.45, 2.75) is 19.3 Å². The van der Waals surface area contributed by atoms with E-state index in [4.69, 9.17) is 0 Å². The zero-order valence-corrected chi connectivity index (χ0v) is 9.62. The molecular weight excluding hydrogens is 276 g/mol. The highest BCUT2D eigenvalue weighted by Gasteiger charge is 2.42. The molecule has 0 aromatic heterocycles. The number of rotatable bonds is 2. The van der Waals surface area contributed by atoms with Crippen molar-refractivity contribution in [2.75, 3.05) is 6.54 Å². The third-order valence-corrected chi connectivity index (χ3v) is 2.24. The summed E-state index contributed by atoms with van der Waals surface area (Å²) in [5.41, 5.74) is -4.61. The smallest absolute Gasteiger partial charge is 0.352 e. The van der Waals surface area contributed by atoms with Crippen LogP contribution in [0.5, 0.6) is 0 Å². The molecule has 0 bridgehead atoms. The molecule has 1 aromatic carbocycles. The van der Waals surface area contributed by atoms with E-state index >= 15 is 0 Å². The quantitative estimate of drug-likeness (QED) is 0.828. The van der Waals surface area contributed by atoms with Gasteiger partial charge in [0.15, 0.2) is 0 Å². The summed E-state index contributed by atoms with van der Waals surface area (Å²) in [4.78, 5) is 11.5. The lowest BCUT2D eigenvalue weighted by atomic mass is 9.99. The van der Waals surface area contributed by atoms with Crippen molar-refractivity contribution in [3.8, 4) is 0 Å². The van der Waals surface area contributed by atoms with E-state index in [1.165, 1.54) is 6.92 Å². The molecule has 0 saturated heterocycles. The first-order valence-electron chi connectivity index (χ1n) is 5.14. The number of carbonyl (C=O) groups is 1. The second-order valence-corrected chi connectivity index (χ2v) is 3.58. The predicted octanol–water partition coefficient (Wildman–Crippen LogP) is 3.47. The van der Waals surface area contributed by atoms with Gasteiger partial charge in [-0.2, -0.15) is 26.3 Å². The van der Waals surface area contributed by atoms with Crippen LogP contribution >= 0.6 is 0 Å². The Kier molecular flexibility index (Phi) is 4.12. The van der Waals surface area contributed by atoms with Crippen LogP contribution in [0.1, 0.15) is 28.4 Å². The number of alkyl halides is 6. The van der Waals surface area contributed by atoms with E-state index in [1.54, 1.807) is 0 Å². The van der Waals surface area contributed by atoms with Crippen molar-refractivity contribution in [3.63, 3.8) is 0 Å². The summed E-state index contributed by atoms with van der Waals surface area (Å²) in [6.07, 6.45) is -10.1. The molecule has 1 aromatic rings. The molecule has 1 N–H and O–H groups in total. The third-order valence-electron chi connectivity index (χ3n) is 2.24. The summed E-state index contributed by atoms with van der Waals surface area (Å²) in [6, 6.07) is 1.51. The first kappa shape index (κ1) is 15.3. The number of hydrogen-bond acceptors (Lipinski definition) is 1. The monoisotopic (exact) mass is 285 g/mol. The normalized spacial score (nSPS) is 12.4. The molecule has 0 fully saturated rings. The van der Waals surface area contributed by atoms with E-state index in [-0.39, 0.29) is 6.54 Å². The van der Waals surface area contributed by atoms with Gasteiger partial charge in [0.1, 0.15) is 0 Å². The van der Waals surface area contributed by atoms with E-state index in [0.29, 0.717) is 18.2 Å². The lowest BCUT2D eigenvalue weighted by Gasteiger charge is -2.17. The molecule has 1 amide bonds. The minimum atomic E-state index is -5.04. The first-order chi connectivity index (χ1) is 8.59. The lowest BCUT2D eigenvalue weighted by Crippen LogP contribution is -2.29. The fraction of sp³-hybridized carbons (Fsp3) is 0.364. The Morgan fingerprint density at radius 1 is 1.05 bits per heavy atom. The van der Waals surface area contributed by atoms with Crippen LogP contribution in [0.3, 0.4) is 0 Å². The van der Waals surface area contributed by atoms with E-state index in [1.807, 2.05) is 5.32 Å². The minimum absolute atomic E-state index is 0.0810. The maximum Gasteiger partial charge on any atom is 0.417 e. The van der Waals surface area contributed by atoms with Crippen molar-refractivity contribution in [1.82, 2.24) is 5.32 Å². The summed E-state index contributed by atoms with van der Waals surface area (Å²) in [5, 5.41) is 1.95. The molecule has 0 aliphatic carbocycles. The number of halogens is 6. The predicted molar refractivity (Wildman–Crippen MR) is 54.5 cm³/mol. The Labute approximate surface area is 104 Å². The summed E-state index contributed by atoms with van der Waals surface area (Å²) >= 11 is 0. The van der Waals surface area contributed by atoms with Gasteiger partial charge < -0.3 is 5.32 Å². The molecule has 2 nitrogen and oxygen atoms in total. The summed E-state index contributed by atoms with van der Waals surface area (Å²) in [5.74, 6) is -1.40. The van der Waals surface area contributed by atoms with Crippen LogP contribution in [-0.2, 0) is 12.4 Å². The van der Waals surface area contributed by atoms with E-state index in [9.17, 15) is 31.1 Å². The number of hydrogen-bond donors (Lipinski definition) is 1. The average Bonchev–Trinajstić information content (AvgIpc) is 2.26. The highest BCUT2D eigenvalue weighted by molar-refractivity contribution is 5.97. The third kappa shape index (κ3) is 3.39. The molecule has 0 aliphatic heterocycles. The maximum atomic E-state index is 12.7. The number of benzene rings is 1. The molecule has 0 saturated carbocycles. The molecule has 0 aliphatic rings. The van der Waals surface area contributed by atoms with Gasteiger partial charge in [0.2, 0.25) is 0 Å². The Hall–Kier alpha value is -1.73. The van der Waals surface area contributed by atoms with Gasteiger partial charge in [-0.25, -0.2) is 0 Å². The van der Waals surface area contributed by atoms with Crippen molar-refractivity contribution in [3.05, 3.63) is 34.9 Å². The number of nitrogens with one attached hydrogen (secondary N) is 1. The average molecular weight is 285 g/mol. The second kappa shape index (κ2) is 5.10. The molecule has 19 heavy (non-hydrogen) atoms. The zero-order chi connectivity index (χ0) is 14.8. The topological polar surface area (TPSA) is 29.1 Å². The van der Waals surface area contributed by atoms with Crippen LogP contribution in [0.2, 0.25) is 0 Å². The maximum absolute atomic E-state index is 12.7. The Balaban J connectivity index is 3.55. The van der Waals surface area contributed by atoms with Gasteiger partial charge in [0, 0.05) is 6.54 Å². The van der Waals surface area contributed by atoms with E-state index in [2.05, 4.69) is 0 Å². The molecular formula is C11H9F6NO. The SMILES string of the molecule is CCNC(=O)c1c(C(F)(F)F)cccc1C(F)(F)F. The molecule has 106 valence electrons. The highest BCUT2D eigenvalue weighted by Crippen LogP contribution is 2.39. The van der Waals surface area contributed by atoms with Gasteiger partial charge in [-0.05, 0) is 19.1 Å². The van der Waals surface area contributed by atoms with Gasteiger partial charge in [-0.15, -0.1) is 0 Å². The van der Waals surface area contributed by atoms with Gasteiger partial charge in [-0.1, -0.05) is 6.07 Å². The fourth-order valence-electron chi connectivity index (χ4n) is 1.52. The largest absolute Gasteiger partial charge is 0.417 e. The number of amides is 1. The van der Waals surface area contributed by atoms with Gasteiger partial charge >= 0.3 is 12.4 Å². The second-order valence-electron chi connectivity index (χ2n) is 3.58. The van der Waals surface area contributed by atoms with Crippen LogP contribution in [0.25, 0.3) is 0 Å². The summed E-state index contributed by atoms with van der Waals surface area (Å²) in [6.45, 7) is 1.31. The summed E-state index contributed by atoms with van der Waals surface area (Å²) in [7, 11) is 0. The van der Waals surface area contributed by atoms with Gasteiger partial charge in [-0.3, -0.25) is 4.79 Å². The van der Waals surface area contributed by atoms with E-state index in [0.717, 1.165) is 0 Å². The molecule has 0 atom stereocenters. The Morgan fingerprint density at radius 2 is 1.47 bits per heavy atom. The standard InChI is InChI=1S/C11H9F6NO/c1-2-18-9(19)8-6(10(12,13)14)4-3-5-7(8)11(15,16)17/h3-5H,2H2,1H3,(H,18,19). The van der Waals surface area contributed by atoms with Crippen molar-refractivity contribution in [1.29, 1.82) is 0 Å². The highest BCUT2D eigenvalue weighted by atomic mass is 19.4. The van der Waals surface area contributed by atoms with Crippen LogP contribution in [-0.4, -0.2) is 12.5 Å². The lowest BCUT2D eigenvalue weighted by molar-refractivity contribution is -0.143. The summed E-state index contributed by atoms with van der Waals surface area (Å²) < 4.78 is 76.0. The first-order valence-corrected chi connectivity index (χ1v) is 5.14. The Bertz CT molecular complexity index is 445. The van der Waals surface area contributed by atoms with Crippen LogP contribution in [0, 0.1) is 0 Å². The Morgan fingerprint density at radius 3 is 1.79 bits per heavy atom. The van der Waals surface area contributed by atoms with Crippen LogP contribution < -0.4 is 5.32 Å². The molecule has 0 heterocycles.